The van der Waals surface area contributed by atoms with Gasteiger partial charge in [0.25, 0.3) is 0 Å². The fraction of sp³-hybridized carbons (Fsp3) is 0.538. The minimum Gasteiger partial charge on any atom is -0.388 e. The highest BCUT2D eigenvalue weighted by Crippen LogP contribution is 2.48. The van der Waals surface area contributed by atoms with Crippen molar-refractivity contribution in [2.75, 3.05) is 24.1 Å². The van der Waals surface area contributed by atoms with Crippen LogP contribution in [0.1, 0.15) is 55.2 Å². The fourth-order valence-electron chi connectivity index (χ4n) is 6.45. The third kappa shape index (κ3) is 4.45. The minimum atomic E-state index is -3.29. The van der Waals surface area contributed by atoms with Crippen LogP contribution >= 0.6 is 0 Å². The average Bonchev–Trinajstić information content (AvgIpc) is 2.75. The molecule has 3 aliphatic rings. The van der Waals surface area contributed by atoms with Gasteiger partial charge >= 0.3 is 0 Å². The maximum absolute atomic E-state index is 11.7. The summed E-state index contributed by atoms with van der Waals surface area (Å²) in [6.07, 6.45) is 9.37. The Kier molecular flexibility index (Phi) is 5.59. The summed E-state index contributed by atoms with van der Waals surface area (Å²) >= 11 is 0. The quantitative estimate of drug-likeness (QED) is 0.720. The van der Waals surface area contributed by atoms with Gasteiger partial charge in [-0.1, -0.05) is 42.8 Å². The van der Waals surface area contributed by atoms with Crippen LogP contribution in [0.2, 0.25) is 0 Å². The number of β-amino-alcohol motifs (C(OH)–C–C–N with tert-alkyl or cyclic N) is 1. The molecule has 1 saturated heterocycles. The van der Waals surface area contributed by atoms with Gasteiger partial charge in [0.1, 0.15) is 0 Å². The highest BCUT2D eigenvalue weighted by atomic mass is 32.2. The Morgan fingerprint density at radius 3 is 2.72 bits per heavy atom. The maximum Gasteiger partial charge on any atom is 0.229 e. The van der Waals surface area contributed by atoms with E-state index in [0.717, 1.165) is 51.6 Å². The molecule has 1 saturated carbocycles. The van der Waals surface area contributed by atoms with E-state index in [-0.39, 0.29) is 5.41 Å². The SMILES string of the molecule is CS(=O)(=O)Nc1cccc(C23CCCC(C2)N(CC2(O)CCc4ccccc4C2)CC3)c1. The second-order valence-corrected chi connectivity index (χ2v) is 12.1. The lowest BCUT2D eigenvalue weighted by Crippen LogP contribution is -2.57. The molecule has 1 aliphatic heterocycles. The van der Waals surface area contributed by atoms with E-state index in [4.69, 9.17) is 0 Å². The Labute approximate surface area is 191 Å². The first-order valence-corrected chi connectivity index (χ1v) is 13.7. The number of rotatable bonds is 5. The second kappa shape index (κ2) is 8.15. The molecule has 2 bridgehead atoms. The predicted molar refractivity (Wildman–Crippen MR) is 128 cm³/mol. The first kappa shape index (κ1) is 21.9. The molecule has 2 N–H and O–H groups in total. The Morgan fingerprint density at radius 1 is 1.09 bits per heavy atom. The average molecular weight is 455 g/mol. The molecule has 6 heteroatoms. The topological polar surface area (TPSA) is 69.6 Å². The highest BCUT2D eigenvalue weighted by molar-refractivity contribution is 7.92. The maximum atomic E-state index is 11.7. The first-order valence-electron chi connectivity index (χ1n) is 11.9. The molecule has 5 rings (SSSR count). The van der Waals surface area contributed by atoms with Crippen LogP contribution in [-0.2, 0) is 28.3 Å². The van der Waals surface area contributed by atoms with Gasteiger partial charge in [0.15, 0.2) is 0 Å². The highest BCUT2D eigenvalue weighted by Gasteiger charge is 2.46. The molecule has 2 aromatic carbocycles. The molecule has 0 amide bonds. The molecule has 0 aromatic heterocycles. The van der Waals surface area contributed by atoms with Gasteiger partial charge in [0.2, 0.25) is 10.0 Å². The number of nitrogens with one attached hydrogen (secondary N) is 1. The summed E-state index contributed by atoms with van der Waals surface area (Å²) in [5.41, 5.74) is 4.04. The third-order valence-corrected chi connectivity index (χ3v) is 8.59. The number of piperidine rings is 1. The number of likely N-dealkylation sites (tertiary alicyclic amines) is 1. The van der Waals surface area contributed by atoms with Crippen molar-refractivity contribution in [3.63, 3.8) is 0 Å². The van der Waals surface area contributed by atoms with E-state index < -0.39 is 15.6 Å². The molecule has 172 valence electrons. The molecule has 0 spiro atoms. The molecular formula is C26H34N2O3S. The molecule has 0 radical (unpaired) electrons. The number of hydrogen-bond donors (Lipinski definition) is 2. The number of aliphatic hydroxyl groups is 1. The van der Waals surface area contributed by atoms with Crippen molar-refractivity contribution >= 4 is 15.7 Å². The summed E-state index contributed by atoms with van der Waals surface area (Å²) in [7, 11) is -3.29. The number of anilines is 1. The Balaban J connectivity index is 1.32. The van der Waals surface area contributed by atoms with E-state index in [1.807, 2.05) is 18.2 Å². The van der Waals surface area contributed by atoms with Crippen molar-refractivity contribution in [2.24, 2.45) is 0 Å². The van der Waals surface area contributed by atoms with Crippen molar-refractivity contribution in [3.05, 3.63) is 65.2 Å². The summed E-state index contributed by atoms with van der Waals surface area (Å²) in [5.74, 6) is 0. The van der Waals surface area contributed by atoms with Gasteiger partial charge < -0.3 is 5.11 Å². The molecule has 3 unspecified atom stereocenters. The molecule has 1 heterocycles. The van der Waals surface area contributed by atoms with Crippen LogP contribution in [0.5, 0.6) is 0 Å². The lowest BCUT2D eigenvalue weighted by atomic mass is 9.63. The standard InChI is InChI=1S/C26H34N2O3S/c1-32(30,31)27-23-9-4-8-22(16-23)25-12-5-10-24(18-25)28(15-14-25)19-26(29)13-11-20-6-2-3-7-21(20)17-26/h2-4,6-9,16,24,27,29H,5,10-15,17-19H2,1H3. The molecule has 2 aliphatic carbocycles. The van der Waals surface area contributed by atoms with Crippen LogP contribution in [0.3, 0.4) is 0 Å². The van der Waals surface area contributed by atoms with Gasteiger partial charge in [0, 0.05) is 24.7 Å². The third-order valence-electron chi connectivity index (χ3n) is 7.99. The zero-order valence-corrected chi connectivity index (χ0v) is 19.7. The monoisotopic (exact) mass is 454 g/mol. The van der Waals surface area contributed by atoms with Gasteiger partial charge in [-0.05, 0) is 79.3 Å². The smallest absolute Gasteiger partial charge is 0.229 e. The normalized spacial score (nSPS) is 30.5. The van der Waals surface area contributed by atoms with Crippen molar-refractivity contribution in [3.8, 4) is 0 Å². The Hall–Kier alpha value is -1.89. The molecule has 5 nitrogen and oxygen atoms in total. The number of fused-ring (bicyclic) bond motifs is 3. The summed E-state index contributed by atoms with van der Waals surface area (Å²) in [4.78, 5) is 2.55. The number of benzene rings is 2. The van der Waals surface area contributed by atoms with Crippen LogP contribution in [0, 0.1) is 0 Å². The number of nitrogens with zero attached hydrogens (tertiary/aromatic N) is 1. The van der Waals surface area contributed by atoms with Crippen LogP contribution in [0.4, 0.5) is 5.69 Å². The van der Waals surface area contributed by atoms with Crippen LogP contribution in [0.15, 0.2) is 48.5 Å². The molecular weight excluding hydrogens is 420 g/mol. The summed E-state index contributed by atoms with van der Waals surface area (Å²) in [5, 5.41) is 11.5. The predicted octanol–water partition coefficient (Wildman–Crippen LogP) is 3.86. The van der Waals surface area contributed by atoms with E-state index in [0.29, 0.717) is 11.7 Å². The Morgan fingerprint density at radius 2 is 1.91 bits per heavy atom. The zero-order valence-electron chi connectivity index (χ0n) is 18.9. The van der Waals surface area contributed by atoms with E-state index in [1.165, 1.54) is 35.8 Å². The van der Waals surface area contributed by atoms with Crippen molar-refractivity contribution in [1.82, 2.24) is 4.90 Å². The van der Waals surface area contributed by atoms with E-state index in [9.17, 15) is 13.5 Å². The molecule has 2 fully saturated rings. The van der Waals surface area contributed by atoms with Crippen LogP contribution < -0.4 is 4.72 Å². The lowest BCUT2D eigenvalue weighted by molar-refractivity contribution is -0.0455. The number of aryl methyl sites for hydroxylation is 1. The number of sulfonamides is 1. The molecule has 3 atom stereocenters. The van der Waals surface area contributed by atoms with Crippen molar-refractivity contribution in [2.45, 2.75) is 68.4 Å². The summed E-state index contributed by atoms with van der Waals surface area (Å²) in [6, 6.07) is 17.0. The number of hydrogen-bond acceptors (Lipinski definition) is 4. The second-order valence-electron chi connectivity index (χ2n) is 10.4. The lowest BCUT2D eigenvalue weighted by Gasteiger charge is -2.52. The van der Waals surface area contributed by atoms with Crippen LogP contribution in [0.25, 0.3) is 0 Å². The van der Waals surface area contributed by atoms with Crippen molar-refractivity contribution in [1.29, 1.82) is 0 Å². The van der Waals surface area contributed by atoms with E-state index in [1.54, 1.807) is 0 Å². The zero-order chi connectivity index (χ0) is 22.4. The van der Waals surface area contributed by atoms with Gasteiger partial charge in [-0.3, -0.25) is 9.62 Å². The molecule has 32 heavy (non-hydrogen) atoms. The van der Waals surface area contributed by atoms with Gasteiger partial charge in [0.05, 0.1) is 11.9 Å². The fourth-order valence-corrected chi connectivity index (χ4v) is 7.00. The summed E-state index contributed by atoms with van der Waals surface area (Å²) in [6.45, 7) is 1.73. The first-order chi connectivity index (χ1) is 15.2. The van der Waals surface area contributed by atoms with Crippen molar-refractivity contribution < 1.29 is 13.5 Å². The molecule has 2 aromatic rings. The van der Waals surface area contributed by atoms with E-state index >= 15 is 0 Å². The summed E-state index contributed by atoms with van der Waals surface area (Å²) < 4.78 is 26.0. The van der Waals surface area contributed by atoms with Gasteiger partial charge in [-0.2, -0.15) is 0 Å². The largest absolute Gasteiger partial charge is 0.388 e. The van der Waals surface area contributed by atoms with Gasteiger partial charge in [-0.25, -0.2) is 8.42 Å². The van der Waals surface area contributed by atoms with E-state index in [2.05, 4.69) is 40.0 Å². The minimum absolute atomic E-state index is 0.108. The Bertz CT molecular complexity index is 1100. The van der Waals surface area contributed by atoms with Crippen LogP contribution in [-0.4, -0.2) is 49.4 Å². The van der Waals surface area contributed by atoms with Gasteiger partial charge in [-0.15, -0.1) is 0 Å².